The second-order valence-corrected chi connectivity index (χ2v) is 4.31. The summed E-state index contributed by atoms with van der Waals surface area (Å²) in [5.74, 6) is -1.56. The Bertz CT molecular complexity index is 442. The van der Waals surface area contributed by atoms with E-state index >= 15 is 0 Å². The first-order chi connectivity index (χ1) is 9.06. The van der Waals surface area contributed by atoms with Crippen molar-refractivity contribution in [3.8, 4) is 0 Å². The van der Waals surface area contributed by atoms with Crippen molar-refractivity contribution >= 4 is 17.4 Å². The van der Waals surface area contributed by atoms with Gasteiger partial charge >= 0.3 is 5.97 Å². The van der Waals surface area contributed by atoms with E-state index in [0.29, 0.717) is 0 Å². The van der Waals surface area contributed by atoms with Crippen molar-refractivity contribution in [3.05, 3.63) is 43.0 Å². The lowest BCUT2D eigenvalue weighted by Gasteiger charge is -2.22. The number of benzene rings is 1. The van der Waals surface area contributed by atoms with Gasteiger partial charge in [0.1, 0.15) is 18.3 Å². The number of Topliss-reactive ketones (excluding diaryl/α,β-unsaturated/α-hetero) is 1. The number of para-hydroxylation sites is 1. The Morgan fingerprint density at radius 3 is 2.53 bits per heavy atom. The van der Waals surface area contributed by atoms with Crippen LogP contribution in [-0.2, 0) is 14.3 Å². The lowest BCUT2D eigenvalue weighted by atomic mass is 9.97. The molecule has 2 unspecified atom stereocenters. The molecule has 1 rings (SSSR count). The highest BCUT2D eigenvalue weighted by Gasteiger charge is 2.30. The molecule has 0 aliphatic rings. The Morgan fingerprint density at radius 1 is 1.37 bits per heavy atom. The number of nitrogens with one attached hydrogen (secondary N) is 1. The molecule has 0 amide bonds. The van der Waals surface area contributed by atoms with Gasteiger partial charge in [0.15, 0.2) is 0 Å². The van der Waals surface area contributed by atoms with Gasteiger partial charge in [-0.3, -0.25) is 9.59 Å². The van der Waals surface area contributed by atoms with Gasteiger partial charge in [0.25, 0.3) is 0 Å². The molecule has 0 radical (unpaired) electrons. The van der Waals surface area contributed by atoms with E-state index in [-0.39, 0.29) is 18.4 Å². The molecule has 1 aromatic rings. The standard InChI is InChI=1S/C15H19NO3/c1-4-10-19-15(18)14(12(3)17)11(2)16-13-8-6-5-7-9-13/h4-9,11,14,16H,1,10H2,2-3H3. The lowest BCUT2D eigenvalue weighted by Crippen LogP contribution is -2.38. The summed E-state index contributed by atoms with van der Waals surface area (Å²) < 4.78 is 4.96. The molecule has 0 saturated heterocycles. The van der Waals surface area contributed by atoms with E-state index in [1.54, 1.807) is 6.92 Å². The summed E-state index contributed by atoms with van der Waals surface area (Å²) in [6.07, 6.45) is 1.48. The third-order valence-electron chi connectivity index (χ3n) is 2.70. The van der Waals surface area contributed by atoms with Crippen LogP contribution in [0.2, 0.25) is 0 Å². The fraction of sp³-hybridized carbons (Fsp3) is 0.333. The lowest BCUT2D eigenvalue weighted by molar-refractivity contribution is -0.150. The van der Waals surface area contributed by atoms with Crippen LogP contribution in [0.5, 0.6) is 0 Å². The van der Waals surface area contributed by atoms with Gasteiger partial charge in [0, 0.05) is 11.7 Å². The first kappa shape index (κ1) is 15.0. The highest BCUT2D eigenvalue weighted by atomic mass is 16.5. The fourth-order valence-corrected chi connectivity index (χ4v) is 1.83. The predicted molar refractivity (Wildman–Crippen MR) is 74.9 cm³/mol. The van der Waals surface area contributed by atoms with Crippen molar-refractivity contribution in [1.82, 2.24) is 0 Å². The number of anilines is 1. The zero-order valence-corrected chi connectivity index (χ0v) is 11.3. The monoisotopic (exact) mass is 261 g/mol. The van der Waals surface area contributed by atoms with Crippen molar-refractivity contribution in [2.45, 2.75) is 19.9 Å². The summed E-state index contributed by atoms with van der Waals surface area (Å²) in [5, 5.41) is 3.13. The van der Waals surface area contributed by atoms with Gasteiger partial charge in [0.2, 0.25) is 0 Å². The molecule has 0 spiro atoms. The zero-order valence-electron chi connectivity index (χ0n) is 11.3. The molecule has 0 aromatic heterocycles. The average molecular weight is 261 g/mol. The van der Waals surface area contributed by atoms with Crippen molar-refractivity contribution < 1.29 is 14.3 Å². The molecule has 1 N–H and O–H groups in total. The van der Waals surface area contributed by atoms with E-state index in [0.717, 1.165) is 5.69 Å². The molecule has 1 aromatic carbocycles. The predicted octanol–water partition coefficient (Wildman–Crippen LogP) is 2.42. The number of carbonyl (C=O) groups excluding carboxylic acids is 2. The summed E-state index contributed by atoms with van der Waals surface area (Å²) in [6.45, 7) is 6.76. The molecule has 0 fully saturated rings. The third-order valence-corrected chi connectivity index (χ3v) is 2.70. The van der Waals surface area contributed by atoms with Crippen molar-refractivity contribution in [3.63, 3.8) is 0 Å². The molecular formula is C15H19NO3. The van der Waals surface area contributed by atoms with Gasteiger partial charge in [-0.1, -0.05) is 30.9 Å². The quantitative estimate of drug-likeness (QED) is 0.465. The van der Waals surface area contributed by atoms with E-state index in [9.17, 15) is 9.59 Å². The minimum absolute atomic E-state index is 0.112. The van der Waals surface area contributed by atoms with Crippen LogP contribution >= 0.6 is 0 Å². The highest BCUT2D eigenvalue weighted by Crippen LogP contribution is 2.15. The number of carbonyl (C=O) groups is 2. The third kappa shape index (κ3) is 4.58. The second kappa shape index (κ2) is 7.36. The van der Waals surface area contributed by atoms with Gasteiger partial charge in [-0.15, -0.1) is 0 Å². The Labute approximate surface area is 113 Å². The Balaban J connectivity index is 2.73. The Kier molecular flexibility index (Phi) is 5.79. The van der Waals surface area contributed by atoms with Gasteiger partial charge in [0.05, 0.1) is 0 Å². The normalized spacial score (nSPS) is 13.2. The maximum absolute atomic E-state index is 11.8. The first-order valence-corrected chi connectivity index (χ1v) is 6.15. The average Bonchev–Trinajstić information content (AvgIpc) is 2.37. The van der Waals surface area contributed by atoms with E-state index in [2.05, 4.69) is 11.9 Å². The molecular weight excluding hydrogens is 242 g/mol. The minimum atomic E-state index is -0.819. The molecule has 4 heteroatoms. The van der Waals surface area contributed by atoms with Gasteiger partial charge in [-0.05, 0) is 26.0 Å². The number of hydrogen-bond donors (Lipinski definition) is 1. The molecule has 0 heterocycles. The van der Waals surface area contributed by atoms with Crippen LogP contribution in [0.25, 0.3) is 0 Å². The smallest absolute Gasteiger partial charge is 0.318 e. The van der Waals surface area contributed by atoms with Crippen LogP contribution in [0.1, 0.15) is 13.8 Å². The Hall–Kier alpha value is -2.10. The number of ether oxygens (including phenoxy) is 1. The number of hydrogen-bond acceptors (Lipinski definition) is 4. The topological polar surface area (TPSA) is 55.4 Å². The largest absolute Gasteiger partial charge is 0.461 e. The molecule has 4 nitrogen and oxygen atoms in total. The van der Waals surface area contributed by atoms with Crippen LogP contribution in [0, 0.1) is 5.92 Å². The summed E-state index contributed by atoms with van der Waals surface area (Å²) in [5.41, 5.74) is 0.859. The van der Waals surface area contributed by atoms with E-state index in [1.165, 1.54) is 13.0 Å². The Morgan fingerprint density at radius 2 is 2.00 bits per heavy atom. The molecule has 19 heavy (non-hydrogen) atoms. The van der Waals surface area contributed by atoms with E-state index in [1.807, 2.05) is 30.3 Å². The SMILES string of the molecule is C=CCOC(=O)C(C(C)=O)C(C)Nc1ccccc1. The highest BCUT2D eigenvalue weighted by molar-refractivity contribution is 5.98. The van der Waals surface area contributed by atoms with Crippen LogP contribution in [-0.4, -0.2) is 24.4 Å². The van der Waals surface area contributed by atoms with Crippen LogP contribution in [0.4, 0.5) is 5.69 Å². The molecule has 0 saturated carbocycles. The van der Waals surface area contributed by atoms with Crippen LogP contribution in [0.3, 0.4) is 0 Å². The first-order valence-electron chi connectivity index (χ1n) is 6.15. The zero-order chi connectivity index (χ0) is 14.3. The molecule has 2 atom stereocenters. The van der Waals surface area contributed by atoms with E-state index in [4.69, 9.17) is 4.74 Å². The number of rotatable bonds is 7. The maximum Gasteiger partial charge on any atom is 0.318 e. The molecule has 0 bridgehead atoms. The molecule has 0 aliphatic carbocycles. The van der Waals surface area contributed by atoms with Crippen LogP contribution in [0.15, 0.2) is 43.0 Å². The summed E-state index contributed by atoms with van der Waals surface area (Å²) in [6, 6.07) is 9.08. The van der Waals surface area contributed by atoms with Crippen molar-refractivity contribution in [1.29, 1.82) is 0 Å². The summed E-state index contributed by atoms with van der Waals surface area (Å²) in [4.78, 5) is 23.5. The summed E-state index contributed by atoms with van der Waals surface area (Å²) >= 11 is 0. The maximum atomic E-state index is 11.8. The second-order valence-electron chi connectivity index (χ2n) is 4.31. The molecule has 0 aliphatic heterocycles. The van der Waals surface area contributed by atoms with Gasteiger partial charge in [-0.2, -0.15) is 0 Å². The summed E-state index contributed by atoms with van der Waals surface area (Å²) in [7, 11) is 0. The molecule has 102 valence electrons. The number of ketones is 1. The number of esters is 1. The minimum Gasteiger partial charge on any atom is -0.461 e. The van der Waals surface area contributed by atoms with Gasteiger partial charge < -0.3 is 10.1 Å². The van der Waals surface area contributed by atoms with E-state index < -0.39 is 11.9 Å². The van der Waals surface area contributed by atoms with Gasteiger partial charge in [-0.25, -0.2) is 0 Å². The fourth-order valence-electron chi connectivity index (χ4n) is 1.83. The van der Waals surface area contributed by atoms with Crippen molar-refractivity contribution in [2.75, 3.05) is 11.9 Å². The van der Waals surface area contributed by atoms with Crippen molar-refractivity contribution in [2.24, 2.45) is 5.92 Å². The van der Waals surface area contributed by atoms with Crippen LogP contribution < -0.4 is 5.32 Å².